The monoisotopic (exact) mass is 1130 g/mol. The van der Waals surface area contributed by atoms with Crippen molar-refractivity contribution in [1.82, 2.24) is 0 Å². The number of hydrogen-bond acceptors (Lipinski definition) is 6. The quantitative estimate of drug-likeness (QED) is 0.0261. The molecule has 0 amide bonds. The zero-order chi connectivity index (χ0) is 58.5. The summed E-state index contributed by atoms with van der Waals surface area (Å²) in [5.74, 6) is -0.889. The highest BCUT2D eigenvalue weighted by molar-refractivity contribution is 5.71. The van der Waals surface area contributed by atoms with Gasteiger partial charge in [0, 0.05) is 19.3 Å². The largest absolute Gasteiger partial charge is 0.462 e. The molecule has 0 saturated carbocycles. The lowest BCUT2D eigenvalue weighted by atomic mass is 10.0. The van der Waals surface area contributed by atoms with Crippen molar-refractivity contribution in [3.63, 3.8) is 0 Å². The third-order valence-electron chi connectivity index (χ3n) is 15.7. The second kappa shape index (κ2) is 69.3. The number of carbonyl (C=O) groups excluding carboxylic acids is 3. The van der Waals surface area contributed by atoms with E-state index in [-0.39, 0.29) is 31.1 Å². The molecule has 6 nitrogen and oxygen atoms in total. The molecule has 0 fully saturated rings. The lowest BCUT2D eigenvalue weighted by molar-refractivity contribution is -0.167. The molecule has 0 aliphatic heterocycles. The number of unbranched alkanes of at least 4 members (excludes halogenated alkanes) is 42. The van der Waals surface area contributed by atoms with Gasteiger partial charge in [-0.05, 0) is 89.9 Å². The van der Waals surface area contributed by atoms with E-state index in [2.05, 4.69) is 93.7 Å². The van der Waals surface area contributed by atoms with Crippen molar-refractivity contribution in [3.05, 3.63) is 72.9 Å². The fraction of sp³-hybridized carbons (Fsp3) is 0.800. The van der Waals surface area contributed by atoms with Gasteiger partial charge in [0.15, 0.2) is 6.10 Å². The Morgan fingerprint density at radius 3 is 0.765 bits per heavy atom. The molecule has 0 N–H and O–H groups in total. The van der Waals surface area contributed by atoms with Gasteiger partial charge in [-0.25, -0.2) is 0 Å². The molecular formula is C75H134O6. The normalized spacial score (nSPS) is 12.5. The molecule has 0 radical (unpaired) electrons. The van der Waals surface area contributed by atoms with Crippen LogP contribution in [0.2, 0.25) is 0 Å². The first-order chi connectivity index (χ1) is 40.0. The minimum Gasteiger partial charge on any atom is -0.462 e. The Hall–Kier alpha value is -3.15. The average Bonchev–Trinajstić information content (AvgIpc) is 3.46. The molecule has 0 spiro atoms. The first-order valence-corrected chi connectivity index (χ1v) is 35.4. The van der Waals surface area contributed by atoms with Crippen LogP contribution in [0.15, 0.2) is 72.9 Å². The molecule has 1 unspecified atom stereocenters. The minimum atomic E-state index is -0.785. The highest BCUT2D eigenvalue weighted by Crippen LogP contribution is 2.18. The molecule has 0 aliphatic carbocycles. The molecule has 470 valence electrons. The Balaban J connectivity index is 4.15. The van der Waals surface area contributed by atoms with Gasteiger partial charge < -0.3 is 14.2 Å². The molecule has 0 bridgehead atoms. The van der Waals surface area contributed by atoms with E-state index >= 15 is 0 Å². The van der Waals surface area contributed by atoms with E-state index < -0.39 is 6.10 Å². The number of ether oxygens (including phenoxy) is 3. The number of rotatable bonds is 65. The lowest BCUT2D eigenvalue weighted by Crippen LogP contribution is -2.30. The van der Waals surface area contributed by atoms with Crippen LogP contribution in [0.5, 0.6) is 0 Å². The van der Waals surface area contributed by atoms with Crippen LogP contribution in [0.4, 0.5) is 0 Å². The Labute approximate surface area is 503 Å². The summed E-state index contributed by atoms with van der Waals surface area (Å²) in [6, 6.07) is 0. The maximum atomic E-state index is 12.9. The summed E-state index contributed by atoms with van der Waals surface area (Å²) in [7, 11) is 0. The van der Waals surface area contributed by atoms with Crippen LogP contribution in [-0.4, -0.2) is 37.2 Å². The van der Waals surface area contributed by atoms with Crippen LogP contribution in [0, 0.1) is 0 Å². The topological polar surface area (TPSA) is 78.9 Å². The molecule has 1 atom stereocenters. The number of allylic oxidation sites excluding steroid dienone is 12. The fourth-order valence-corrected chi connectivity index (χ4v) is 10.4. The molecule has 0 heterocycles. The molecule has 0 rings (SSSR count). The zero-order valence-electron chi connectivity index (χ0n) is 54.1. The molecular weight excluding hydrogens is 997 g/mol. The maximum absolute atomic E-state index is 12.9. The summed E-state index contributed by atoms with van der Waals surface area (Å²) in [5, 5.41) is 0. The van der Waals surface area contributed by atoms with Gasteiger partial charge in [-0.3, -0.25) is 14.4 Å². The zero-order valence-corrected chi connectivity index (χ0v) is 54.1. The standard InChI is InChI=1S/C75H134O6/c1-4-7-10-13-16-19-22-25-27-29-30-31-32-33-34-35-36-37-38-39-40-41-42-43-44-46-47-50-53-56-59-62-65-68-74(77)80-71-72(70-79-73(76)67-64-61-58-55-52-49-24-21-18-15-12-9-6-3)81-75(78)69-66-63-60-57-54-51-48-45-28-26-23-20-17-14-11-8-5-2/h9,12,18,21-22,25,29-30,32-33,49,52,72H,4-8,10-11,13-17,19-20,23-24,26-28,31,34-48,50-51,53-71H2,1-3H3/b12-9-,21-18-,25-22-,30-29-,33-32-,52-49-. The summed E-state index contributed by atoms with van der Waals surface area (Å²) in [5.41, 5.74) is 0. The van der Waals surface area contributed by atoms with Crippen LogP contribution in [0.3, 0.4) is 0 Å². The average molecular weight is 1130 g/mol. The van der Waals surface area contributed by atoms with E-state index in [4.69, 9.17) is 14.2 Å². The third kappa shape index (κ3) is 67.5. The predicted molar refractivity (Wildman–Crippen MR) is 353 cm³/mol. The van der Waals surface area contributed by atoms with E-state index in [0.29, 0.717) is 19.3 Å². The molecule has 0 aliphatic rings. The smallest absolute Gasteiger partial charge is 0.306 e. The number of hydrogen-bond donors (Lipinski definition) is 0. The number of carbonyl (C=O) groups is 3. The SMILES string of the molecule is CC/C=C\C/C=C\C/C=C\CCCCCC(=O)OCC(COC(=O)CCCCCCCCCCCCCCCCCCCC/C=C\C/C=C\C/C=C\CCCCCCC)OC(=O)CCCCCCCCCCCCCCCCCCC. The van der Waals surface area contributed by atoms with E-state index in [9.17, 15) is 14.4 Å². The first kappa shape index (κ1) is 77.9. The summed E-state index contributed by atoms with van der Waals surface area (Å²) in [6.45, 7) is 6.54. The van der Waals surface area contributed by atoms with Gasteiger partial charge in [-0.1, -0.05) is 331 Å². The van der Waals surface area contributed by atoms with Crippen LogP contribution in [0.25, 0.3) is 0 Å². The fourth-order valence-electron chi connectivity index (χ4n) is 10.4. The van der Waals surface area contributed by atoms with Crippen LogP contribution >= 0.6 is 0 Å². The highest BCUT2D eigenvalue weighted by Gasteiger charge is 2.19. The van der Waals surface area contributed by atoms with Gasteiger partial charge in [-0.2, -0.15) is 0 Å². The Morgan fingerprint density at radius 1 is 0.259 bits per heavy atom. The minimum absolute atomic E-state index is 0.0799. The molecule has 0 aromatic rings. The van der Waals surface area contributed by atoms with Crippen molar-refractivity contribution in [3.8, 4) is 0 Å². The van der Waals surface area contributed by atoms with E-state index in [1.54, 1.807) is 0 Å². The highest BCUT2D eigenvalue weighted by atomic mass is 16.6. The molecule has 0 saturated heterocycles. The van der Waals surface area contributed by atoms with Gasteiger partial charge in [0.2, 0.25) is 0 Å². The lowest BCUT2D eigenvalue weighted by Gasteiger charge is -2.18. The van der Waals surface area contributed by atoms with Gasteiger partial charge in [0.25, 0.3) is 0 Å². The van der Waals surface area contributed by atoms with E-state index in [0.717, 1.165) is 96.3 Å². The van der Waals surface area contributed by atoms with Crippen LogP contribution in [0.1, 0.15) is 367 Å². The Bertz CT molecular complexity index is 1490. The second-order valence-electron chi connectivity index (χ2n) is 23.8. The van der Waals surface area contributed by atoms with Gasteiger partial charge >= 0.3 is 17.9 Å². The maximum Gasteiger partial charge on any atom is 0.306 e. The van der Waals surface area contributed by atoms with E-state index in [1.807, 2.05) is 0 Å². The van der Waals surface area contributed by atoms with Crippen LogP contribution in [-0.2, 0) is 28.6 Å². The van der Waals surface area contributed by atoms with Crippen molar-refractivity contribution >= 4 is 17.9 Å². The van der Waals surface area contributed by atoms with Crippen molar-refractivity contribution in [2.45, 2.75) is 374 Å². The van der Waals surface area contributed by atoms with Gasteiger partial charge in [0.1, 0.15) is 13.2 Å². The summed E-state index contributed by atoms with van der Waals surface area (Å²) in [4.78, 5) is 38.3. The Morgan fingerprint density at radius 2 is 0.481 bits per heavy atom. The summed E-state index contributed by atoms with van der Waals surface area (Å²) >= 11 is 0. The number of esters is 3. The van der Waals surface area contributed by atoms with Crippen molar-refractivity contribution in [2.75, 3.05) is 13.2 Å². The summed E-state index contributed by atoms with van der Waals surface area (Å²) in [6.07, 6.45) is 90.9. The Kier molecular flexibility index (Phi) is 66.6. The van der Waals surface area contributed by atoms with E-state index in [1.165, 1.54) is 231 Å². The van der Waals surface area contributed by atoms with Crippen molar-refractivity contribution in [2.24, 2.45) is 0 Å². The van der Waals surface area contributed by atoms with Crippen molar-refractivity contribution in [1.29, 1.82) is 0 Å². The van der Waals surface area contributed by atoms with Gasteiger partial charge in [0.05, 0.1) is 0 Å². The molecule has 6 heteroatoms. The van der Waals surface area contributed by atoms with Crippen LogP contribution < -0.4 is 0 Å². The first-order valence-electron chi connectivity index (χ1n) is 35.4. The molecule has 0 aromatic heterocycles. The third-order valence-corrected chi connectivity index (χ3v) is 15.7. The van der Waals surface area contributed by atoms with Crippen molar-refractivity contribution < 1.29 is 28.6 Å². The molecule has 0 aromatic carbocycles. The predicted octanol–water partition coefficient (Wildman–Crippen LogP) is 24.4. The van der Waals surface area contributed by atoms with Gasteiger partial charge in [-0.15, -0.1) is 0 Å². The second-order valence-corrected chi connectivity index (χ2v) is 23.8. The summed E-state index contributed by atoms with van der Waals surface area (Å²) < 4.78 is 16.9. The molecule has 81 heavy (non-hydrogen) atoms.